The first kappa shape index (κ1) is 12.5. The van der Waals surface area contributed by atoms with Gasteiger partial charge in [0.05, 0.1) is 10.7 Å². The van der Waals surface area contributed by atoms with Crippen LogP contribution in [0.25, 0.3) is 11.3 Å². The fourth-order valence-electron chi connectivity index (χ4n) is 2.68. The number of Topliss-reactive ketones (excluding diaryl/α,β-unsaturated/α-hetero) is 1. The third-order valence-electron chi connectivity index (χ3n) is 3.67. The van der Waals surface area contributed by atoms with Gasteiger partial charge in [0, 0.05) is 30.2 Å². The van der Waals surface area contributed by atoms with E-state index in [1.165, 1.54) is 17.0 Å². The molecule has 0 saturated heterocycles. The molecule has 1 heterocycles. The first-order chi connectivity index (χ1) is 9.31. The topological polar surface area (TPSA) is 30.0 Å². The lowest BCUT2D eigenvalue weighted by Crippen LogP contribution is -2.16. The van der Waals surface area contributed by atoms with Crippen LogP contribution in [0, 0.1) is 5.92 Å². The number of hydrogen-bond donors (Lipinski definition) is 0. The molecule has 0 amide bonds. The van der Waals surface area contributed by atoms with Crippen molar-refractivity contribution in [1.29, 1.82) is 0 Å². The Labute approximate surface area is 117 Å². The maximum atomic E-state index is 11.5. The molecule has 1 unspecified atom stereocenters. The second-order valence-electron chi connectivity index (χ2n) is 5.20. The van der Waals surface area contributed by atoms with E-state index < -0.39 is 0 Å². The van der Waals surface area contributed by atoms with Crippen LogP contribution in [0.15, 0.2) is 35.7 Å². The molecule has 0 spiro atoms. The molecule has 0 bridgehead atoms. The van der Waals surface area contributed by atoms with Crippen molar-refractivity contribution in [2.24, 2.45) is 5.92 Å². The van der Waals surface area contributed by atoms with Crippen LogP contribution in [-0.2, 0) is 11.2 Å². The van der Waals surface area contributed by atoms with Crippen molar-refractivity contribution >= 4 is 17.1 Å². The molecule has 1 aliphatic carbocycles. The van der Waals surface area contributed by atoms with Gasteiger partial charge in [-0.1, -0.05) is 30.3 Å². The molecule has 2 aromatic rings. The number of aromatic nitrogens is 1. The number of rotatable bonds is 3. The van der Waals surface area contributed by atoms with E-state index >= 15 is 0 Å². The van der Waals surface area contributed by atoms with Crippen molar-refractivity contribution in [3.05, 3.63) is 40.7 Å². The van der Waals surface area contributed by atoms with E-state index in [1.54, 1.807) is 11.3 Å². The van der Waals surface area contributed by atoms with Crippen molar-refractivity contribution in [1.82, 2.24) is 4.98 Å². The van der Waals surface area contributed by atoms with E-state index in [2.05, 4.69) is 17.5 Å². The number of thiazole rings is 1. The van der Waals surface area contributed by atoms with Crippen LogP contribution in [0.5, 0.6) is 0 Å². The number of ketones is 1. The number of nitrogens with zero attached hydrogens (tertiary/aromatic N) is 1. The Kier molecular flexibility index (Phi) is 3.74. The van der Waals surface area contributed by atoms with Gasteiger partial charge in [-0.3, -0.25) is 4.79 Å². The Morgan fingerprint density at radius 3 is 2.89 bits per heavy atom. The molecule has 1 atom stereocenters. The largest absolute Gasteiger partial charge is 0.300 e. The van der Waals surface area contributed by atoms with Crippen LogP contribution in [0.1, 0.15) is 30.7 Å². The number of carbonyl (C=O) groups is 1. The fourth-order valence-corrected chi connectivity index (χ4v) is 3.60. The summed E-state index contributed by atoms with van der Waals surface area (Å²) in [5, 5.41) is 3.29. The molecule has 0 aliphatic heterocycles. The monoisotopic (exact) mass is 271 g/mol. The van der Waals surface area contributed by atoms with Gasteiger partial charge in [-0.05, 0) is 18.8 Å². The fraction of sp³-hybridized carbons (Fsp3) is 0.375. The van der Waals surface area contributed by atoms with Gasteiger partial charge in [0.1, 0.15) is 5.78 Å². The average molecular weight is 271 g/mol. The van der Waals surface area contributed by atoms with Crippen molar-refractivity contribution < 1.29 is 4.79 Å². The van der Waals surface area contributed by atoms with Gasteiger partial charge in [-0.25, -0.2) is 4.98 Å². The highest BCUT2D eigenvalue weighted by Gasteiger charge is 2.20. The molecule has 1 saturated carbocycles. The average Bonchev–Trinajstić information content (AvgIpc) is 2.88. The molecular formula is C16H17NOS. The number of benzene rings is 1. The molecule has 1 aromatic carbocycles. The van der Waals surface area contributed by atoms with Gasteiger partial charge >= 0.3 is 0 Å². The Bertz CT molecular complexity index is 561. The Morgan fingerprint density at radius 2 is 2.11 bits per heavy atom. The SMILES string of the molecule is O=C1CCCC(Cc2nc(-c3ccccc3)cs2)C1. The lowest BCUT2D eigenvalue weighted by atomic mass is 9.86. The summed E-state index contributed by atoms with van der Waals surface area (Å²) in [5.74, 6) is 0.937. The smallest absolute Gasteiger partial charge is 0.133 e. The molecule has 1 aliphatic rings. The highest BCUT2D eigenvalue weighted by molar-refractivity contribution is 7.09. The first-order valence-electron chi connectivity index (χ1n) is 6.83. The Balaban J connectivity index is 1.70. The van der Waals surface area contributed by atoms with Gasteiger partial charge in [-0.2, -0.15) is 0 Å². The molecule has 1 fully saturated rings. The minimum atomic E-state index is 0.427. The maximum Gasteiger partial charge on any atom is 0.133 e. The van der Waals surface area contributed by atoms with Crippen LogP contribution in [0.2, 0.25) is 0 Å². The first-order valence-corrected chi connectivity index (χ1v) is 7.71. The summed E-state index contributed by atoms with van der Waals surface area (Å²) < 4.78 is 0. The standard InChI is InChI=1S/C16H17NOS/c18-14-8-4-5-12(9-14)10-16-17-15(11-19-16)13-6-2-1-3-7-13/h1-3,6-7,11-12H,4-5,8-10H2. The van der Waals surface area contributed by atoms with Gasteiger partial charge in [0.15, 0.2) is 0 Å². The summed E-state index contributed by atoms with van der Waals surface area (Å²) in [7, 11) is 0. The molecule has 0 radical (unpaired) electrons. The van der Waals surface area contributed by atoms with Crippen LogP contribution in [0.3, 0.4) is 0 Å². The third-order valence-corrected chi connectivity index (χ3v) is 4.54. The van der Waals surface area contributed by atoms with Gasteiger partial charge in [0.2, 0.25) is 0 Å². The summed E-state index contributed by atoms with van der Waals surface area (Å²) in [6, 6.07) is 10.3. The van der Waals surface area contributed by atoms with Gasteiger partial charge in [0.25, 0.3) is 0 Å². The van der Waals surface area contributed by atoms with E-state index in [9.17, 15) is 4.79 Å². The van der Waals surface area contributed by atoms with Crippen LogP contribution < -0.4 is 0 Å². The molecule has 19 heavy (non-hydrogen) atoms. The van der Waals surface area contributed by atoms with Crippen molar-refractivity contribution in [3.63, 3.8) is 0 Å². The number of carbonyl (C=O) groups excluding carboxylic acids is 1. The zero-order valence-corrected chi connectivity index (χ0v) is 11.7. The lowest BCUT2D eigenvalue weighted by molar-refractivity contribution is -0.121. The Morgan fingerprint density at radius 1 is 1.26 bits per heavy atom. The summed E-state index contributed by atoms with van der Waals surface area (Å²) in [5.41, 5.74) is 2.23. The predicted octanol–water partition coefficient (Wildman–Crippen LogP) is 4.11. The van der Waals surface area contributed by atoms with Gasteiger partial charge in [-0.15, -0.1) is 11.3 Å². The molecule has 3 heteroatoms. The second-order valence-corrected chi connectivity index (χ2v) is 6.14. The number of hydrogen-bond acceptors (Lipinski definition) is 3. The van der Waals surface area contributed by atoms with E-state index in [0.717, 1.165) is 31.4 Å². The van der Waals surface area contributed by atoms with Crippen LogP contribution in [0.4, 0.5) is 0 Å². The molecule has 2 nitrogen and oxygen atoms in total. The van der Waals surface area contributed by atoms with Crippen LogP contribution >= 0.6 is 11.3 Å². The third kappa shape index (κ3) is 3.10. The summed E-state index contributed by atoms with van der Waals surface area (Å²) in [6.45, 7) is 0. The molecular weight excluding hydrogens is 254 g/mol. The zero-order valence-electron chi connectivity index (χ0n) is 10.8. The molecule has 98 valence electrons. The predicted molar refractivity (Wildman–Crippen MR) is 78.2 cm³/mol. The van der Waals surface area contributed by atoms with Gasteiger partial charge < -0.3 is 0 Å². The molecule has 0 N–H and O–H groups in total. The van der Waals surface area contributed by atoms with E-state index in [-0.39, 0.29) is 0 Å². The maximum absolute atomic E-state index is 11.5. The minimum absolute atomic E-state index is 0.427. The quantitative estimate of drug-likeness (QED) is 0.840. The van der Waals surface area contributed by atoms with E-state index in [4.69, 9.17) is 4.98 Å². The summed E-state index contributed by atoms with van der Waals surface area (Å²) in [4.78, 5) is 16.2. The van der Waals surface area contributed by atoms with Crippen molar-refractivity contribution in [3.8, 4) is 11.3 Å². The normalized spacial score (nSPS) is 19.6. The zero-order chi connectivity index (χ0) is 13.1. The van der Waals surface area contributed by atoms with Crippen LogP contribution in [-0.4, -0.2) is 10.8 Å². The van der Waals surface area contributed by atoms with Crippen molar-refractivity contribution in [2.75, 3.05) is 0 Å². The highest BCUT2D eigenvalue weighted by atomic mass is 32.1. The lowest BCUT2D eigenvalue weighted by Gasteiger charge is -2.19. The van der Waals surface area contributed by atoms with Crippen molar-refractivity contribution in [2.45, 2.75) is 32.1 Å². The summed E-state index contributed by atoms with van der Waals surface area (Å²) in [6.07, 6.45) is 4.72. The van der Waals surface area contributed by atoms with E-state index in [0.29, 0.717) is 11.7 Å². The highest BCUT2D eigenvalue weighted by Crippen LogP contribution is 2.28. The molecule has 3 rings (SSSR count). The second kappa shape index (κ2) is 5.66. The minimum Gasteiger partial charge on any atom is -0.300 e. The Hall–Kier alpha value is -1.48. The van der Waals surface area contributed by atoms with E-state index in [1.807, 2.05) is 18.2 Å². The molecule has 1 aromatic heterocycles. The summed E-state index contributed by atoms with van der Waals surface area (Å²) >= 11 is 1.72.